The summed E-state index contributed by atoms with van der Waals surface area (Å²) in [5, 5.41) is 4.10. The molecule has 0 radical (unpaired) electrons. The van der Waals surface area contributed by atoms with Crippen LogP contribution >= 0.6 is 23.6 Å². The van der Waals surface area contributed by atoms with Crippen molar-refractivity contribution < 1.29 is 4.74 Å². The molecule has 0 unspecified atom stereocenters. The maximum Gasteiger partial charge on any atom is 0.281 e. The van der Waals surface area contributed by atoms with Crippen molar-refractivity contribution in [3.05, 3.63) is 51.9 Å². The lowest BCUT2D eigenvalue weighted by atomic mass is 10.0. The van der Waals surface area contributed by atoms with Crippen LogP contribution in [0.15, 0.2) is 41.5 Å². The molecule has 3 heterocycles. The van der Waals surface area contributed by atoms with E-state index in [1.807, 2.05) is 37.3 Å². The van der Waals surface area contributed by atoms with Crippen LogP contribution in [0.5, 0.6) is 0 Å². The third-order valence-corrected chi connectivity index (χ3v) is 5.84. The number of fused-ring (bicyclic) bond motifs is 1. The first-order valence-corrected chi connectivity index (χ1v) is 10.1. The number of benzene rings is 1. The Balaban J connectivity index is 1.62. The van der Waals surface area contributed by atoms with Crippen molar-refractivity contribution in [2.75, 3.05) is 18.6 Å². The first-order chi connectivity index (χ1) is 13.1. The zero-order valence-electron chi connectivity index (χ0n) is 14.9. The fourth-order valence-corrected chi connectivity index (χ4v) is 4.48. The van der Waals surface area contributed by atoms with E-state index in [1.165, 1.54) is 22.3 Å². The van der Waals surface area contributed by atoms with Crippen molar-refractivity contribution in [2.24, 2.45) is 0 Å². The van der Waals surface area contributed by atoms with Crippen LogP contribution in [0.2, 0.25) is 0 Å². The van der Waals surface area contributed by atoms with Crippen molar-refractivity contribution in [1.29, 1.82) is 0 Å². The number of hydrogen-bond donors (Lipinski definition) is 2. The van der Waals surface area contributed by atoms with Gasteiger partial charge in [-0.05, 0) is 37.5 Å². The minimum Gasteiger partial charge on any atom is -0.376 e. The Morgan fingerprint density at radius 1 is 1.41 bits per heavy atom. The van der Waals surface area contributed by atoms with E-state index in [-0.39, 0.29) is 11.7 Å². The van der Waals surface area contributed by atoms with Gasteiger partial charge in [-0.25, -0.2) is 9.66 Å². The van der Waals surface area contributed by atoms with Gasteiger partial charge >= 0.3 is 0 Å². The van der Waals surface area contributed by atoms with Gasteiger partial charge in [-0.1, -0.05) is 30.3 Å². The van der Waals surface area contributed by atoms with E-state index >= 15 is 0 Å². The molecule has 0 spiro atoms. The molecule has 0 aliphatic carbocycles. The van der Waals surface area contributed by atoms with Crippen LogP contribution in [0.4, 0.5) is 0 Å². The molecule has 3 aromatic rings. The molecular formula is C19H20N4O2S2. The molecule has 4 rings (SSSR count). The topological polar surface area (TPSA) is 68.2 Å². The Hall–Kier alpha value is -2.29. The molecule has 0 bridgehead atoms. The molecule has 2 N–H and O–H groups in total. The smallest absolute Gasteiger partial charge is 0.281 e. The summed E-state index contributed by atoms with van der Waals surface area (Å²) in [7, 11) is 0. The third-order valence-electron chi connectivity index (χ3n) is 4.59. The van der Waals surface area contributed by atoms with Gasteiger partial charge < -0.3 is 10.1 Å². The largest absolute Gasteiger partial charge is 0.376 e. The van der Waals surface area contributed by atoms with Gasteiger partial charge in [0.25, 0.3) is 5.56 Å². The van der Waals surface area contributed by atoms with E-state index in [0.717, 1.165) is 40.3 Å². The van der Waals surface area contributed by atoms with E-state index in [0.29, 0.717) is 17.0 Å². The Morgan fingerprint density at radius 3 is 2.96 bits per heavy atom. The number of thiocarbonyl (C=S) groups is 1. The molecule has 6 nitrogen and oxygen atoms in total. The van der Waals surface area contributed by atoms with E-state index in [4.69, 9.17) is 17.0 Å². The summed E-state index contributed by atoms with van der Waals surface area (Å²) in [5.74, 6) is 0. The molecule has 0 amide bonds. The van der Waals surface area contributed by atoms with Crippen molar-refractivity contribution >= 4 is 38.9 Å². The third kappa shape index (κ3) is 3.73. The minimum atomic E-state index is -0.163. The van der Waals surface area contributed by atoms with Gasteiger partial charge in [0.05, 0.1) is 11.5 Å². The number of ether oxygens (including phenoxy) is 1. The maximum atomic E-state index is 13.1. The maximum absolute atomic E-state index is 13.1. The zero-order chi connectivity index (χ0) is 18.8. The highest BCUT2D eigenvalue weighted by Gasteiger charge is 2.18. The van der Waals surface area contributed by atoms with E-state index < -0.39 is 0 Å². The minimum absolute atomic E-state index is 0.163. The van der Waals surface area contributed by atoms with Crippen molar-refractivity contribution in [3.63, 3.8) is 0 Å². The average Bonchev–Trinajstić information content (AvgIpc) is 3.30. The predicted octanol–water partition coefficient (Wildman–Crippen LogP) is 3.03. The molecular weight excluding hydrogens is 380 g/mol. The SMILES string of the molecule is Cc1sc2ncn(NC(=S)NC[C@@H]3CCCO3)c(=O)c2c1-c1ccccc1. The monoisotopic (exact) mass is 400 g/mol. The van der Waals surface area contributed by atoms with Crippen LogP contribution in [-0.4, -0.2) is 34.0 Å². The second-order valence-electron chi connectivity index (χ2n) is 6.46. The summed E-state index contributed by atoms with van der Waals surface area (Å²) in [4.78, 5) is 19.3. The summed E-state index contributed by atoms with van der Waals surface area (Å²) in [5.41, 5.74) is 4.71. The number of thiophene rings is 1. The van der Waals surface area contributed by atoms with Gasteiger partial charge in [-0.3, -0.25) is 10.2 Å². The quantitative estimate of drug-likeness (QED) is 0.656. The van der Waals surface area contributed by atoms with Gasteiger partial charge in [0.2, 0.25) is 0 Å². The number of aryl methyl sites for hydroxylation is 1. The fourth-order valence-electron chi connectivity index (χ4n) is 3.30. The molecule has 1 fully saturated rings. The first kappa shape index (κ1) is 18.1. The second kappa shape index (κ2) is 7.75. The van der Waals surface area contributed by atoms with Crippen LogP contribution in [0.1, 0.15) is 17.7 Å². The number of nitrogens with zero attached hydrogens (tertiary/aromatic N) is 2. The predicted molar refractivity (Wildman–Crippen MR) is 113 cm³/mol. The summed E-state index contributed by atoms with van der Waals surface area (Å²) >= 11 is 6.85. The Kier molecular flexibility index (Phi) is 5.20. The first-order valence-electron chi connectivity index (χ1n) is 8.86. The zero-order valence-corrected chi connectivity index (χ0v) is 16.5. The van der Waals surface area contributed by atoms with E-state index in [2.05, 4.69) is 15.7 Å². The van der Waals surface area contributed by atoms with Crippen molar-refractivity contribution in [3.8, 4) is 11.1 Å². The Morgan fingerprint density at radius 2 is 2.22 bits per heavy atom. The van der Waals surface area contributed by atoms with Gasteiger partial charge in [-0.15, -0.1) is 11.3 Å². The summed E-state index contributed by atoms with van der Waals surface area (Å²) < 4.78 is 6.91. The summed E-state index contributed by atoms with van der Waals surface area (Å²) in [6.45, 7) is 3.44. The van der Waals surface area contributed by atoms with Crippen LogP contribution in [0.3, 0.4) is 0 Å². The molecule has 1 aromatic carbocycles. The van der Waals surface area contributed by atoms with Crippen LogP contribution in [0, 0.1) is 6.92 Å². The number of hydrogen-bond acceptors (Lipinski definition) is 5. The van der Waals surface area contributed by atoms with Gasteiger partial charge in [0.1, 0.15) is 11.2 Å². The van der Waals surface area contributed by atoms with Crippen LogP contribution in [-0.2, 0) is 4.74 Å². The molecule has 140 valence electrons. The molecule has 0 saturated carbocycles. The van der Waals surface area contributed by atoms with E-state index in [1.54, 1.807) is 0 Å². The average molecular weight is 401 g/mol. The highest BCUT2D eigenvalue weighted by molar-refractivity contribution is 7.80. The summed E-state index contributed by atoms with van der Waals surface area (Å²) in [6.07, 6.45) is 3.76. The molecule has 1 atom stereocenters. The lowest BCUT2D eigenvalue weighted by molar-refractivity contribution is 0.114. The van der Waals surface area contributed by atoms with Crippen LogP contribution < -0.4 is 16.3 Å². The number of rotatable bonds is 4. The summed E-state index contributed by atoms with van der Waals surface area (Å²) in [6, 6.07) is 9.91. The normalized spacial score (nSPS) is 16.6. The number of nitrogens with one attached hydrogen (secondary N) is 2. The number of aromatic nitrogens is 2. The van der Waals surface area contributed by atoms with Gasteiger partial charge in [0, 0.05) is 23.6 Å². The Labute approximate surface area is 166 Å². The van der Waals surface area contributed by atoms with E-state index in [9.17, 15) is 4.79 Å². The molecule has 2 aromatic heterocycles. The van der Waals surface area contributed by atoms with Crippen molar-refractivity contribution in [1.82, 2.24) is 15.0 Å². The molecule has 27 heavy (non-hydrogen) atoms. The lowest BCUT2D eigenvalue weighted by Gasteiger charge is -2.15. The molecule has 8 heteroatoms. The van der Waals surface area contributed by atoms with Gasteiger partial charge in [-0.2, -0.15) is 0 Å². The van der Waals surface area contributed by atoms with Crippen LogP contribution in [0.25, 0.3) is 21.3 Å². The van der Waals surface area contributed by atoms with Crippen molar-refractivity contribution in [2.45, 2.75) is 25.9 Å². The Bertz CT molecular complexity index is 1020. The standard InChI is InChI=1S/C19H20N4O2S2/c1-12-15(13-6-3-2-4-7-13)16-17(27-12)21-11-23(18(16)24)22-19(26)20-10-14-8-5-9-25-14/h2-4,6-7,11,14H,5,8-10H2,1H3,(H2,20,22,26)/t14-/m0/s1. The molecule has 1 aliphatic rings. The molecule has 1 saturated heterocycles. The highest BCUT2D eigenvalue weighted by atomic mass is 32.1. The fraction of sp³-hybridized carbons (Fsp3) is 0.316. The highest BCUT2D eigenvalue weighted by Crippen LogP contribution is 2.35. The van der Waals surface area contributed by atoms with Gasteiger partial charge in [0.15, 0.2) is 5.11 Å². The lowest BCUT2D eigenvalue weighted by Crippen LogP contribution is -2.41. The molecule has 1 aliphatic heterocycles. The second-order valence-corrected chi connectivity index (χ2v) is 8.07.